The summed E-state index contributed by atoms with van der Waals surface area (Å²) in [4.78, 5) is 16.9. The largest absolute Gasteiger partial charge is 0.497 e. The minimum absolute atomic E-state index is 0.0594. The molecule has 1 aliphatic heterocycles. The normalized spacial score (nSPS) is 16.2. The summed E-state index contributed by atoms with van der Waals surface area (Å²) in [6, 6.07) is 12.2. The van der Waals surface area contributed by atoms with E-state index in [1.807, 2.05) is 24.3 Å². The third-order valence-electron chi connectivity index (χ3n) is 5.15. The maximum atomic E-state index is 12.1. The summed E-state index contributed by atoms with van der Waals surface area (Å²) < 4.78 is 10.9. The van der Waals surface area contributed by atoms with E-state index in [9.17, 15) is 4.79 Å². The third kappa shape index (κ3) is 5.29. The van der Waals surface area contributed by atoms with Gasteiger partial charge in [-0.2, -0.15) is 0 Å². The van der Waals surface area contributed by atoms with Crippen LogP contribution in [0.1, 0.15) is 32.1 Å². The molecule has 1 aromatic heterocycles. The first-order valence-corrected chi connectivity index (χ1v) is 10.00. The lowest BCUT2D eigenvalue weighted by Gasteiger charge is -2.39. The van der Waals surface area contributed by atoms with Crippen molar-refractivity contribution in [1.82, 2.24) is 10.2 Å². The molecule has 1 N–H and O–H groups in total. The van der Waals surface area contributed by atoms with Gasteiger partial charge in [-0.3, -0.25) is 9.69 Å². The van der Waals surface area contributed by atoms with Gasteiger partial charge in [-0.25, -0.2) is 0 Å². The average Bonchev–Trinajstić information content (AvgIpc) is 3.23. The molecule has 1 amide bonds. The number of piperazine rings is 1. The van der Waals surface area contributed by atoms with E-state index in [0.717, 1.165) is 37.7 Å². The summed E-state index contributed by atoms with van der Waals surface area (Å²) in [5.74, 6) is 2.23. The number of carbonyl (C=O) groups is 1. The van der Waals surface area contributed by atoms with Crippen molar-refractivity contribution in [2.45, 2.75) is 26.3 Å². The molecule has 0 spiro atoms. The highest BCUT2D eigenvalue weighted by Gasteiger charge is 2.27. The van der Waals surface area contributed by atoms with Gasteiger partial charge in [-0.1, -0.05) is 13.8 Å². The molecule has 2 aromatic rings. The van der Waals surface area contributed by atoms with Crippen molar-refractivity contribution < 1.29 is 13.9 Å². The number of amides is 1. The Balaban J connectivity index is 1.60. The molecule has 0 aliphatic carbocycles. The second-order valence-corrected chi connectivity index (χ2v) is 7.65. The molecule has 1 aromatic carbocycles. The van der Waals surface area contributed by atoms with E-state index in [1.165, 1.54) is 5.69 Å². The van der Waals surface area contributed by atoms with Crippen LogP contribution in [0.3, 0.4) is 0 Å². The van der Waals surface area contributed by atoms with Crippen LogP contribution in [0.2, 0.25) is 0 Å². The van der Waals surface area contributed by atoms with Crippen LogP contribution in [0.15, 0.2) is 47.1 Å². The van der Waals surface area contributed by atoms with Gasteiger partial charge in [0.2, 0.25) is 5.91 Å². The fraction of sp³-hybridized carbons (Fsp3) is 0.500. The number of hydrogen-bond acceptors (Lipinski definition) is 5. The van der Waals surface area contributed by atoms with Gasteiger partial charge in [0.1, 0.15) is 11.5 Å². The van der Waals surface area contributed by atoms with Gasteiger partial charge in [-0.05, 0) is 42.3 Å². The molecule has 152 valence electrons. The minimum atomic E-state index is 0.0594. The van der Waals surface area contributed by atoms with Crippen LogP contribution in [0.5, 0.6) is 5.75 Å². The molecule has 1 fully saturated rings. The zero-order valence-corrected chi connectivity index (χ0v) is 17.1. The molecule has 6 heteroatoms. The predicted molar refractivity (Wildman–Crippen MR) is 111 cm³/mol. The molecule has 1 aliphatic rings. The first kappa shape index (κ1) is 20.3. The second-order valence-electron chi connectivity index (χ2n) is 7.65. The van der Waals surface area contributed by atoms with E-state index in [4.69, 9.17) is 9.15 Å². The van der Waals surface area contributed by atoms with Gasteiger partial charge in [0.05, 0.1) is 19.4 Å². The summed E-state index contributed by atoms with van der Waals surface area (Å²) in [7, 11) is 1.68. The molecule has 3 rings (SSSR count). The molecular weight excluding hydrogens is 354 g/mol. The van der Waals surface area contributed by atoms with E-state index in [0.29, 0.717) is 18.9 Å². The monoisotopic (exact) mass is 385 g/mol. The number of anilines is 1. The summed E-state index contributed by atoms with van der Waals surface area (Å²) in [5, 5.41) is 3.09. The molecule has 2 heterocycles. The Morgan fingerprint density at radius 2 is 1.86 bits per heavy atom. The highest BCUT2D eigenvalue weighted by Crippen LogP contribution is 2.25. The van der Waals surface area contributed by atoms with Crippen LogP contribution in [-0.4, -0.2) is 50.6 Å². The van der Waals surface area contributed by atoms with Gasteiger partial charge >= 0.3 is 0 Å². The number of nitrogens with one attached hydrogen (secondary N) is 1. The standard InChI is InChI=1S/C22H31N3O3/c1-17(2)15-22(26)23-16-20(21-5-4-14-28-21)25-12-10-24(11-13-25)18-6-8-19(27-3)9-7-18/h4-9,14,17,20H,10-13,15-16H2,1-3H3,(H,23,26). The Hall–Kier alpha value is -2.47. The fourth-order valence-electron chi connectivity index (χ4n) is 3.63. The van der Waals surface area contributed by atoms with Gasteiger partial charge in [0.25, 0.3) is 0 Å². The fourth-order valence-corrected chi connectivity index (χ4v) is 3.63. The molecule has 1 atom stereocenters. The van der Waals surface area contributed by atoms with Crippen LogP contribution in [-0.2, 0) is 4.79 Å². The van der Waals surface area contributed by atoms with E-state index in [1.54, 1.807) is 13.4 Å². The highest BCUT2D eigenvalue weighted by molar-refractivity contribution is 5.76. The highest BCUT2D eigenvalue weighted by atomic mass is 16.5. The first-order chi connectivity index (χ1) is 13.6. The van der Waals surface area contributed by atoms with E-state index in [-0.39, 0.29) is 11.9 Å². The van der Waals surface area contributed by atoms with Crippen molar-refractivity contribution in [1.29, 1.82) is 0 Å². The molecule has 0 bridgehead atoms. The van der Waals surface area contributed by atoms with Crippen molar-refractivity contribution in [3.05, 3.63) is 48.4 Å². The Labute approximate surface area is 167 Å². The van der Waals surface area contributed by atoms with Crippen molar-refractivity contribution >= 4 is 11.6 Å². The lowest BCUT2D eigenvalue weighted by Crippen LogP contribution is -2.49. The lowest BCUT2D eigenvalue weighted by molar-refractivity contribution is -0.122. The number of furan rings is 1. The van der Waals surface area contributed by atoms with Crippen molar-refractivity contribution in [2.24, 2.45) is 5.92 Å². The maximum absolute atomic E-state index is 12.1. The third-order valence-corrected chi connectivity index (χ3v) is 5.15. The number of benzene rings is 1. The smallest absolute Gasteiger partial charge is 0.220 e. The summed E-state index contributed by atoms with van der Waals surface area (Å²) >= 11 is 0. The van der Waals surface area contributed by atoms with Crippen molar-refractivity contribution in [3.63, 3.8) is 0 Å². The van der Waals surface area contributed by atoms with Gasteiger partial charge in [0.15, 0.2) is 0 Å². The number of ether oxygens (including phenoxy) is 1. The van der Waals surface area contributed by atoms with Crippen LogP contribution >= 0.6 is 0 Å². The van der Waals surface area contributed by atoms with E-state index >= 15 is 0 Å². The summed E-state index contributed by atoms with van der Waals surface area (Å²) in [6.45, 7) is 8.38. The number of nitrogens with zero attached hydrogens (tertiary/aromatic N) is 2. The Morgan fingerprint density at radius 1 is 1.14 bits per heavy atom. The minimum Gasteiger partial charge on any atom is -0.497 e. The van der Waals surface area contributed by atoms with E-state index < -0.39 is 0 Å². The van der Waals surface area contributed by atoms with Crippen molar-refractivity contribution in [3.8, 4) is 5.75 Å². The predicted octanol–water partition coefficient (Wildman–Crippen LogP) is 3.31. The number of rotatable bonds is 8. The molecule has 0 radical (unpaired) electrons. The van der Waals surface area contributed by atoms with E-state index in [2.05, 4.69) is 41.1 Å². The summed E-state index contributed by atoms with van der Waals surface area (Å²) in [6.07, 6.45) is 2.25. The molecule has 1 saturated heterocycles. The number of methoxy groups -OCH3 is 1. The molecular formula is C22H31N3O3. The Morgan fingerprint density at radius 3 is 2.43 bits per heavy atom. The molecule has 0 saturated carbocycles. The van der Waals surface area contributed by atoms with Gasteiger partial charge < -0.3 is 19.4 Å². The quantitative estimate of drug-likeness (QED) is 0.755. The van der Waals surface area contributed by atoms with Crippen LogP contribution in [0, 0.1) is 5.92 Å². The lowest BCUT2D eigenvalue weighted by atomic mass is 10.1. The number of hydrogen-bond donors (Lipinski definition) is 1. The van der Waals surface area contributed by atoms with Crippen LogP contribution in [0.4, 0.5) is 5.69 Å². The topological polar surface area (TPSA) is 58.0 Å². The SMILES string of the molecule is COc1ccc(N2CCN(C(CNC(=O)CC(C)C)c3ccco3)CC2)cc1. The first-order valence-electron chi connectivity index (χ1n) is 10.00. The maximum Gasteiger partial charge on any atom is 0.220 e. The van der Waals surface area contributed by atoms with Gasteiger partial charge in [-0.15, -0.1) is 0 Å². The zero-order valence-electron chi connectivity index (χ0n) is 17.1. The molecule has 28 heavy (non-hydrogen) atoms. The Kier molecular flexibility index (Phi) is 6.98. The van der Waals surface area contributed by atoms with Gasteiger partial charge in [0, 0.05) is 44.8 Å². The molecule has 1 unspecified atom stereocenters. The number of carbonyl (C=O) groups excluding carboxylic acids is 1. The zero-order chi connectivity index (χ0) is 19.9. The van der Waals surface area contributed by atoms with Crippen molar-refractivity contribution in [2.75, 3.05) is 44.7 Å². The molecule has 6 nitrogen and oxygen atoms in total. The Bertz CT molecular complexity index is 720. The van der Waals surface area contributed by atoms with Crippen LogP contribution < -0.4 is 15.0 Å². The second kappa shape index (κ2) is 9.64. The summed E-state index contributed by atoms with van der Waals surface area (Å²) in [5.41, 5.74) is 1.21. The average molecular weight is 386 g/mol. The van der Waals surface area contributed by atoms with Crippen LogP contribution in [0.25, 0.3) is 0 Å².